The summed E-state index contributed by atoms with van der Waals surface area (Å²) >= 11 is 0. The van der Waals surface area contributed by atoms with Gasteiger partial charge in [0, 0.05) is 0 Å². The van der Waals surface area contributed by atoms with Crippen LogP contribution in [0, 0.1) is 11.3 Å². The molecule has 1 aromatic carbocycles. The number of hydrogen-bond acceptors (Lipinski definition) is 3. The Kier molecular flexibility index (Phi) is 1.96. The Bertz CT molecular complexity index is 412. The molecular formula is C9H6F3N3. The first-order valence-corrected chi connectivity index (χ1v) is 4.11. The summed E-state index contributed by atoms with van der Waals surface area (Å²) in [5.74, 6) is 0. The zero-order chi connectivity index (χ0) is 11.1. The molecule has 3 nitrogen and oxygen atoms in total. The minimum absolute atomic E-state index is 0.0500. The number of nitrogens with one attached hydrogen (secondary N) is 2. The Labute approximate surface area is 83.5 Å². The van der Waals surface area contributed by atoms with Crippen LogP contribution in [-0.2, 0) is 5.66 Å². The van der Waals surface area contributed by atoms with E-state index in [1.807, 2.05) is 6.07 Å². The topological polar surface area (TPSA) is 67.7 Å². The van der Waals surface area contributed by atoms with Gasteiger partial charge in [-0.25, -0.2) is 10.9 Å². The number of halogens is 3. The second-order valence-corrected chi connectivity index (χ2v) is 3.19. The van der Waals surface area contributed by atoms with Gasteiger partial charge >= 0.3 is 6.18 Å². The van der Waals surface area contributed by atoms with Crippen LogP contribution < -0.4 is 10.9 Å². The van der Waals surface area contributed by atoms with Crippen molar-refractivity contribution in [1.29, 1.82) is 5.26 Å². The van der Waals surface area contributed by atoms with E-state index in [2.05, 4.69) is 10.9 Å². The Balaban J connectivity index is 2.36. The largest absolute Gasteiger partial charge is 0.426 e. The van der Waals surface area contributed by atoms with Gasteiger partial charge in [-0.3, -0.25) is 0 Å². The molecule has 0 radical (unpaired) electrons. The van der Waals surface area contributed by atoms with Crippen LogP contribution in [0.4, 0.5) is 13.2 Å². The first-order chi connectivity index (χ1) is 6.99. The van der Waals surface area contributed by atoms with Gasteiger partial charge < -0.3 is 0 Å². The van der Waals surface area contributed by atoms with E-state index < -0.39 is 11.8 Å². The molecule has 1 heterocycles. The van der Waals surface area contributed by atoms with Crippen LogP contribution in [0.2, 0.25) is 0 Å². The summed E-state index contributed by atoms with van der Waals surface area (Å²) in [5.41, 5.74) is 2.41. The third-order valence-electron chi connectivity index (χ3n) is 2.25. The van der Waals surface area contributed by atoms with Gasteiger partial charge in [-0.2, -0.15) is 18.4 Å². The molecule has 78 valence electrons. The van der Waals surface area contributed by atoms with Gasteiger partial charge in [0.2, 0.25) is 5.66 Å². The maximum absolute atomic E-state index is 12.6. The van der Waals surface area contributed by atoms with Crippen LogP contribution in [0.3, 0.4) is 0 Å². The van der Waals surface area contributed by atoms with Gasteiger partial charge in [-0.15, -0.1) is 0 Å². The van der Waals surface area contributed by atoms with E-state index in [9.17, 15) is 13.2 Å². The van der Waals surface area contributed by atoms with Crippen molar-refractivity contribution >= 4 is 0 Å². The van der Waals surface area contributed by atoms with Crippen LogP contribution in [-0.4, -0.2) is 6.18 Å². The number of rotatable bonds is 1. The molecule has 0 aromatic heterocycles. The SMILES string of the molecule is N#Cc1ccc(C2(C(F)(F)F)NN2)cc1. The fourth-order valence-corrected chi connectivity index (χ4v) is 1.31. The van der Waals surface area contributed by atoms with Crippen molar-refractivity contribution in [2.45, 2.75) is 11.8 Å². The number of nitrogens with zero attached hydrogens (tertiary/aromatic N) is 1. The number of benzene rings is 1. The molecule has 0 saturated carbocycles. The highest BCUT2D eigenvalue weighted by atomic mass is 19.4. The molecule has 2 N–H and O–H groups in total. The van der Waals surface area contributed by atoms with E-state index in [0.717, 1.165) is 0 Å². The molecule has 0 spiro atoms. The molecule has 0 unspecified atom stereocenters. The summed E-state index contributed by atoms with van der Waals surface area (Å²) < 4.78 is 37.7. The van der Waals surface area contributed by atoms with E-state index >= 15 is 0 Å². The second-order valence-electron chi connectivity index (χ2n) is 3.19. The van der Waals surface area contributed by atoms with Crippen molar-refractivity contribution in [1.82, 2.24) is 10.9 Å². The second kappa shape index (κ2) is 2.95. The molecule has 0 atom stereocenters. The molecule has 1 aliphatic rings. The van der Waals surface area contributed by atoms with Crippen molar-refractivity contribution < 1.29 is 13.2 Å². The number of alkyl halides is 3. The zero-order valence-electron chi connectivity index (χ0n) is 7.39. The maximum atomic E-state index is 12.6. The summed E-state index contributed by atoms with van der Waals surface area (Å²) in [5, 5.41) is 8.50. The first-order valence-electron chi connectivity index (χ1n) is 4.11. The van der Waals surface area contributed by atoms with Gasteiger partial charge in [0.15, 0.2) is 0 Å². The average Bonchev–Trinajstić information content (AvgIpc) is 2.98. The summed E-state index contributed by atoms with van der Waals surface area (Å²) in [6.07, 6.45) is -4.40. The predicted molar refractivity (Wildman–Crippen MR) is 45.2 cm³/mol. The highest BCUT2D eigenvalue weighted by molar-refractivity contribution is 5.37. The standard InChI is InChI=1S/C9H6F3N3/c10-9(11,12)8(14-15-8)7-3-1-6(5-13)2-4-7/h1-4,14-15H. The molecule has 1 aliphatic heterocycles. The van der Waals surface area contributed by atoms with E-state index in [0.29, 0.717) is 5.56 Å². The third kappa shape index (κ3) is 1.46. The van der Waals surface area contributed by atoms with Crippen molar-refractivity contribution in [2.75, 3.05) is 0 Å². The van der Waals surface area contributed by atoms with Crippen LogP contribution in [0.25, 0.3) is 0 Å². The van der Waals surface area contributed by atoms with E-state index in [1.54, 1.807) is 0 Å². The maximum Gasteiger partial charge on any atom is 0.426 e. The predicted octanol–water partition coefficient (Wildman–Crippen LogP) is 1.38. The van der Waals surface area contributed by atoms with E-state index in [4.69, 9.17) is 5.26 Å². The first kappa shape index (κ1) is 9.96. The Morgan fingerprint density at radius 2 is 1.67 bits per heavy atom. The fraction of sp³-hybridized carbons (Fsp3) is 0.222. The highest BCUT2D eigenvalue weighted by Crippen LogP contribution is 2.41. The van der Waals surface area contributed by atoms with Crippen LogP contribution in [0.15, 0.2) is 24.3 Å². The highest BCUT2D eigenvalue weighted by Gasteiger charge is 2.65. The number of hydrazine groups is 1. The lowest BCUT2D eigenvalue weighted by Crippen LogP contribution is -2.34. The normalized spacial score (nSPS) is 18.3. The summed E-state index contributed by atoms with van der Waals surface area (Å²) in [6.45, 7) is 0. The molecular weight excluding hydrogens is 207 g/mol. The summed E-state index contributed by atoms with van der Waals surface area (Å²) in [6, 6.07) is 7.10. The molecule has 15 heavy (non-hydrogen) atoms. The number of hydrogen-bond donors (Lipinski definition) is 2. The van der Waals surface area contributed by atoms with Crippen LogP contribution >= 0.6 is 0 Å². The molecule has 0 aliphatic carbocycles. The molecule has 1 saturated heterocycles. The Hall–Kier alpha value is -1.58. The fourth-order valence-electron chi connectivity index (χ4n) is 1.31. The molecule has 1 fully saturated rings. The van der Waals surface area contributed by atoms with Crippen LogP contribution in [0.1, 0.15) is 11.1 Å². The van der Waals surface area contributed by atoms with Crippen molar-refractivity contribution in [3.63, 3.8) is 0 Å². The van der Waals surface area contributed by atoms with E-state index in [-0.39, 0.29) is 5.56 Å². The smallest absolute Gasteiger partial charge is 0.223 e. The summed E-state index contributed by atoms with van der Waals surface area (Å²) in [7, 11) is 0. The lowest BCUT2D eigenvalue weighted by molar-refractivity contribution is -0.165. The lowest BCUT2D eigenvalue weighted by atomic mass is 10.0. The van der Waals surface area contributed by atoms with Crippen molar-refractivity contribution in [3.05, 3.63) is 35.4 Å². The van der Waals surface area contributed by atoms with Gasteiger partial charge in [0.25, 0.3) is 0 Å². The zero-order valence-corrected chi connectivity index (χ0v) is 7.39. The van der Waals surface area contributed by atoms with Gasteiger partial charge in [-0.05, 0) is 17.7 Å². The Morgan fingerprint density at radius 1 is 1.13 bits per heavy atom. The van der Waals surface area contributed by atoms with Crippen molar-refractivity contribution in [2.24, 2.45) is 0 Å². The van der Waals surface area contributed by atoms with E-state index in [1.165, 1.54) is 24.3 Å². The van der Waals surface area contributed by atoms with Gasteiger partial charge in [0.05, 0.1) is 11.6 Å². The minimum atomic E-state index is -4.40. The third-order valence-corrected chi connectivity index (χ3v) is 2.25. The molecule has 0 amide bonds. The molecule has 0 bridgehead atoms. The quantitative estimate of drug-likeness (QED) is 0.692. The monoisotopic (exact) mass is 213 g/mol. The van der Waals surface area contributed by atoms with Crippen LogP contribution in [0.5, 0.6) is 0 Å². The van der Waals surface area contributed by atoms with Gasteiger partial charge in [-0.1, -0.05) is 12.1 Å². The molecule has 2 rings (SSSR count). The van der Waals surface area contributed by atoms with Crippen molar-refractivity contribution in [3.8, 4) is 6.07 Å². The summed E-state index contributed by atoms with van der Waals surface area (Å²) in [4.78, 5) is 0. The molecule has 6 heteroatoms. The number of nitriles is 1. The molecule has 1 aromatic rings. The Morgan fingerprint density at radius 3 is 2.00 bits per heavy atom. The lowest BCUT2D eigenvalue weighted by Gasteiger charge is -2.15. The average molecular weight is 213 g/mol. The van der Waals surface area contributed by atoms with Gasteiger partial charge in [0.1, 0.15) is 0 Å². The minimum Gasteiger partial charge on any atom is -0.223 e.